The number of hydrogen-bond donors (Lipinski definition) is 2. The molecule has 15 heavy (non-hydrogen) atoms. The first-order valence-corrected chi connectivity index (χ1v) is 5.75. The number of benzene rings is 1. The van der Waals surface area contributed by atoms with E-state index < -0.39 is 20.5 Å². The Labute approximate surface area is 85.1 Å². The second kappa shape index (κ2) is 3.93. The van der Waals surface area contributed by atoms with Crippen LogP contribution in [0, 0.1) is 0 Å². The molecule has 0 aliphatic rings. The molecule has 0 aliphatic carbocycles. The van der Waals surface area contributed by atoms with Crippen LogP contribution >= 0.6 is 0 Å². The van der Waals surface area contributed by atoms with Gasteiger partial charge >= 0.3 is 15.0 Å². The van der Waals surface area contributed by atoms with E-state index in [0.29, 0.717) is 6.07 Å². The minimum Gasteiger partial charge on any atom is -0.386 e. The summed E-state index contributed by atoms with van der Waals surface area (Å²) in [4.78, 5) is 18.6. The lowest BCUT2D eigenvalue weighted by atomic mass is 10.2. The molecular weight excluding hydrogens is 229 g/mol. The molecule has 0 aliphatic heterocycles. The van der Waals surface area contributed by atoms with Crippen LogP contribution in [-0.2, 0) is 10.6 Å². The Morgan fingerprint density at radius 2 is 1.87 bits per heavy atom. The molecular formula is C8H9F3O3Si. The summed E-state index contributed by atoms with van der Waals surface area (Å²) < 4.78 is 41.2. The lowest BCUT2D eigenvalue weighted by molar-refractivity contribution is -0.137. The van der Waals surface area contributed by atoms with Crippen LogP contribution in [0.1, 0.15) is 5.56 Å². The molecule has 0 aromatic heterocycles. The van der Waals surface area contributed by atoms with Crippen molar-refractivity contribution in [2.45, 2.75) is 6.18 Å². The largest absolute Gasteiger partial charge is 0.531 e. The van der Waals surface area contributed by atoms with Crippen LogP contribution in [0.3, 0.4) is 0 Å². The summed E-state index contributed by atoms with van der Waals surface area (Å²) in [5.74, 6) is 0. The zero-order valence-corrected chi connectivity index (χ0v) is 8.75. The Bertz CT molecular complexity index is 351. The van der Waals surface area contributed by atoms with Crippen LogP contribution in [0.15, 0.2) is 24.3 Å². The third-order valence-electron chi connectivity index (χ3n) is 1.85. The maximum Gasteiger partial charge on any atom is 0.531 e. The molecule has 0 unspecified atom stereocenters. The molecule has 0 saturated carbocycles. The van der Waals surface area contributed by atoms with Crippen LogP contribution in [0.4, 0.5) is 13.2 Å². The van der Waals surface area contributed by atoms with Gasteiger partial charge in [-0.05, 0) is 6.07 Å². The molecule has 84 valence electrons. The number of alkyl halides is 3. The second-order valence-electron chi connectivity index (χ2n) is 2.89. The number of hydrogen-bond acceptors (Lipinski definition) is 3. The maximum atomic E-state index is 12.3. The van der Waals surface area contributed by atoms with Crippen molar-refractivity contribution in [3.63, 3.8) is 0 Å². The van der Waals surface area contributed by atoms with Crippen molar-refractivity contribution in [1.29, 1.82) is 0 Å². The molecule has 1 rings (SSSR count). The van der Waals surface area contributed by atoms with Gasteiger partial charge in [-0.3, -0.25) is 0 Å². The Morgan fingerprint density at radius 1 is 1.27 bits per heavy atom. The zero-order chi connectivity index (χ0) is 11.7. The fourth-order valence-electron chi connectivity index (χ4n) is 1.02. The summed E-state index contributed by atoms with van der Waals surface area (Å²) in [5, 5.41) is -0.236. The predicted molar refractivity (Wildman–Crippen MR) is 48.3 cm³/mol. The third kappa shape index (κ3) is 2.78. The predicted octanol–water partition coefficient (Wildman–Crippen LogP) is 0.482. The van der Waals surface area contributed by atoms with Gasteiger partial charge in [0.25, 0.3) is 0 Å². The summed E-state index contributed by atoms with van der Waals surface area (Å²) in [7, 11) is -3.13. The molecule has 0 spiro atoms. The van der Waals surface area contributed by atoms with Gasteiger partial charge in [-0.15, -0.1) is 0 Å². The molecule has 0 amide bonds. The summed E-state index contributed by atoms with van der Waals surface area (Å²) in [6.07, 6.45) is -4.51. The number of rotatable bonds is 2. The quantitative estimate of drug-likeness (QED) is 0.737. The molecule has 0 fully saturated rings. The summed E-state index contributed by atoms with van der Waals surface area (Å²) in [6.45, 7) is 0. The second-order valence-corrected chi connectivity index (χ2v) is 5.09. The standard InChI is InChI=1S/C8H9F3O3Si/c1-14-15(12,13)7-4-2-3-6(5-7)8(9,10)11/h2-5,12-13H,1H3. The van der Waals surface area contributed by atoms with Crippen LogP contribution in [0.2, 0.25) is 0 Å². The fraction of sp³-hybridized carbons (Fsp3) is 0.250. The lowest BCUT2D eigenvalue weighted by Crippen LogP contribution is -2.51. The van der Waals surface area contributed by atoms with Crippen LogP contribution < -0.4 is 5.19 Å². The Hall–Kier alpha value is -0.893. The lowest BCUT2D eigenvalue weighted by Gasteiger charge is -2.16. The van der Waals surface area contributed by atoms with E-state index in [1.807, 2.05) is 0 Å². The van der Waals surface area contributed by atoms with Crippen molar-refractivity contribution in [1.82, 2.24) is 0 Å². The highest BCUT2D eigenvalue weighted by Gasteiger charge is 2.37. The summed E-state index contributed by atoms with van der Waals surface area (Å²) in [5.41, 5.74) is -0.933. The molecule has 0 bridgehead atoms. The van der Waals surface area contributed by atoms with Gasteiger partial charge in [0.05, 0.1) is 5.56 Å². The van der Waals surface area contributed by atoms with Crippen molar-refractivity contribution < 1.29 is 27.2 Å². The van der Waals surface area contributed by atoms with E-state index in [4.69, 9.17) is 0 Å². The van der Waals surface area contributed by atoms with Crippen molar-refractivity contribution in [2.24, 2.45) is 0 Å². The van der Waals surface area contributed by atoms with Crippen LogP contribution in [0.25, 0.3) is 0 Å². The first-order valence-electron chi connectivity index (χ1n) is 3.95. The van der Waals surface area contributed by atoms with E-state index in [-0.39, 0.29) is 5.19 Å². The highest BCUT2D eigenvalue weighted by Crippen LogP contribution is 2.28. The minimum absolute atomic E-state index is 0.236. The maximum absolute atomic E-state index is 12.3. The first kappa shape index (κ1) is 12.2. The molecule has 7 heteroatoms. The molecule has 0 radical (unpaired) electrons. The number of halogens is 3. The van der Waals surface area contributed by atoms with Gasteiger partial charge in [0.1, 0.15) is 0 Å². The van der Waals surface area contributed by atoms with Gasteiger partial charge in [-0.2, -0.15) is 13.2 Å². The minimum atomic E-state index is -4.51. The van der Waals surface area contributed by atoms with E-state index in [1.165, 1.54) is 6.07 Å². The van der Waals surface area contributed by atoms with E-state index in [2.05, 4.69) is 4.43 Å². The average Bonchev–Trinajstić information content (AvgIpc) is 2.17. The van der Waals surface area contributed by atoms with E-state index >= 15 is 0 Å². The fourth-order valence-corrected chi connectivity index (χ4v) is 1.91. The smallest absolute Gasteiger partial charge is 0.386 e. The Kier molecular flexibility index (Phi) is 3.19. The molecule has 0 saturated heterocycles. The van der Waals surface area contributed by atoms with Crippen molar-refractivity contribution >= 4 is 14.0 Å². The van der Waals surface area contributed by atoms with Gasteiger partial charge in [0, 0.05) is 12.3 Å². The van der Waals surface area contributed by atoms with Gasteiger partial charge in [-0.25, -0.2) is 0 Å². The van der Waals surface area contributed by atoms with Gasteiger partial charge < -0.3 is 14.0 Å². The highest BCUT2D eigenvalue weighted by atomic mass is 28.4. The Morgan fingerprint density at radius 3 is 2.33 bits per heavy atom. The molecule has 1 aromatic carbocycles. The summed E-state index contributed by atoms with van der Waals surface area (Å²) >= 11 is 0. The van der Waals surface area contributed by atoms with E-state index in [9.17, 15) is 22.8 Å². The molecule has 2 N–H and O–H groups in total. The van der Waals surface area contributed by atoms with Gasteiger partial charge in [0.2, 0.25) is 0 Å². The zero-order valence-electron chi connectivity index (χ0n) is 7.75. The van der Waals surface area contributed by atoms with Crippen LogP contribution in [0.5, 0.6) is 0 Å². The molecule has 0 heterocycles. The third-order valence-corrected chi connectivity index (χ3v) is 3.48. The van der Waals surface area contributed by atoms with E-state index in [0.717, 1.165) is 19.2 Å². The van der Waals surface area contributed by atoms with Gasteiger partial charge in [-0.1, -0.05) is 18.2 Å². The summed E-state index contributed by atoms with van der Waals surface area (Å²) in [6, 6.07) is 3.82. The van der Waals surface area contributed by atoms with Crippen molar-refractivity contribution in [3.05, 3.63) is 29.8 Å². The SMILES string of the molecule is CO[Si](O)(O)c1cccc(C(F)(F)F)c1. The molecule has 0 atom stereocenters. The Balaban J connectivity index is 3.14. The van der Waals surface area contributed by atoms with E-state index in [1.54, 1.807) is 0 Å². The van der Waals surface area contributed by atoms with Gasteiger partial charge in [0.15, 0.2) is 0 Å². The monoisotopic (exact) mass is 238 g/mol. The normalized spacial score (nSPS) is 12.9. The topological polar surface area (TPSA) is 49.7 Å². The average molecular weight is 238 g/mol. The molecule has 3 nitrogen and oxygen atoms in total. The van der Waals surface area contributed by atoms with Crippen molar-refractivity contribution in [3.8, 4) is 0 Å². The van der Waals surface area contributed by atoms with Crippen molar-refractivity contribution in [2.75, 3.05) is 7.11 Å². The first-order chi connectivity index (χ1) is 6.77. The molecule has 1 aromatic rings. The highest BCUT2D eigenvalue weighted by molar-refractivity contribution is 6.72. The van der Waals surface area contributed by atoms with Crippen LogP contribution in [-0.4, -0.2) is 25.5 Å².